The molecule has 1 spiro atoms. The number of carbonyl (C=O) groups excluding carboxylic acids is 3. The number of methoxy groups -OCH3 is 1. The predicted octanol–water partition coefficient (Wildman–Crippen LogP) is 0.414. The summed E-state index contributed by atoms with van der Waals surface area (Å²) in [6.45, 7) is 17.5. The Morgan fingerprint density at radius 2 is 1.36 bits per heavy atom. The fourth-order valence-corrected chi connectivity index (χ4v) is 16.6. The van der Waals surface area contributed by atoms with Crippen LogP contribution in [-0.2, 0) is 71.2 Å². The number of ether oxygens (including phenoxy) is 12. The minimum atomic E-state index is -1.86. The number of carbonyl (C=O) groups is 3. The molecule has 5 saturated heterocycles. The van der Waals surface area contributed by atoms with Gasteiger partial charge in [-0.2, -0.15) is 0 Å². The molecular formula is C57H90O24. The number of esters is 3. The summed E-state index contributed by atoms with van der Waals surface area (Å²) in [5.41, 5.74) is -2.71. The zero-order valence-corrected chi connectivity index (χ0v) is 48.4. The Morgan fingerprint density at radius 3 is 2.01 bits per heavy atom. The molecule has 462 valence electrons. The van der Waals surface area contributed by atoms with Crippen LogP contribution in [0.15, 0.2) is 11.6 Å². The standard InChI is InChI=1S/C57H90O24/c1-24(2)12-15-36(75-27(5)60)56(10)47-32(74-26(4)59)20-55(9)29-13-14-34-53(6,7)35(17-18-54(34,8)28(29)16-19-57(47,55)52(69)81-56)77-51-46(37(63)30(61)22-72-51)80-49-40(66)39(65)43(25(3)73-49)78-48-41(67)44(31(62)23-71-48)79-50-42(68)45(70-11)38(64)33(21-58)76-50/h16,24-25,29-51,58,61-68H,12-15,17-23H2,1-11H3. The Bertz CT molecular complexity index is 2290. The molecule has 9 aliphatic rings. The highest BCUT2D eigenvalue weighted by Crippen LogP contribution is 2.76. The van der Waals surface area contributed by atoms with Gasteiger partial charge >= 0.3 is 17.9 Å². The molecule has 28 unspecified atom stereocenters. The molecular weight excluding hydrogens is 1070 g/mol. The van der Waals surface area contributed by atoms with E-state index in [1.807, 2.05) is 6.92 Å². The highest BCUT2D eigenvalue weighted by molar-refractivity contribution is 5.84. The second-order valence-corrected chi connectivity index (χ2v) is 26.2. The van der Waals surface area contributed by atoms with Crippen molar-refractivity contribution in [3.8, 4) is 0 Å². The van der Waals surface area contributed by atoms with Gasteiger partial charge in [-0.3, -0.25) is 14.4 Å². The van der Waals surface area contributed by atoms with E-state index < -0.39 is 182 Å². The quantitative estimate of drug-likeness (QED) is 0.0437. The molecule has 0 radical (unpaired) electrons. The van der Waals surface area contributed by atoms with Gasteiger partial charge in [-0.25, -0.2) is 0 Å². The molecule has 0 aromatic heterocycles. The van der Waals surface area contributed by atoms with Crippen LogP contribution >= 0.6 is 0 Å². The number of rotatable bonds is 16. The van der Waals surface area contributed by atoms with Crippen LogP contribution in [0.5, 0.6) is 0 Å². The molecule has 9 rings (SSSR count). The third-order valence-electron chi connectivity index (χ3n) is 20.6. The number of hydrogen-bond donors (Lipinski definition) is 9. The molecule has 8 fully saturated rings. The lowest BCUT2D eigenvalue weighted by Gasteiger charge is -2.63. The molecule has 4 aliphatic carbocycles. The van der Waals surface area contributed by atoms with Crippen molar-refractivity contribution >= 4 is 17.9 Å². The van der Waals surface area contributed by atoms with Gasteiger partial charge in [-0.1, -0.05) is 53.2 Å². The summed E-state index contributed by atoms with van der Waals surface area (Å²) < 4.78 is 72.1. The van der Waals surface area contributed by atoms with Gasteiger partial charge in [0.05, 0.1) is 43.4 Å². The maximum Gasteiger partial charge on any atom is 0.314 e. The van der Waals surface area contributed by atoms with Crippen molar-refractivity contribution in [1.29, 1.82) is 0 Å². The van der Waals surface area contributed by atoms with Gasteiger partial charge in [0.15, 0.2) is 30.8 Å². The Labute approximate surface area is 472 Å². The second-order valence-electron chi connectivity index (χ2n) is 26.2. The van der Waals surface area contributed by atoms with Crippen molar-refractivity contribution in [1.82, 2.24) is 0 Å². The maximum atomic E-state index is 14.9. The lowest BCUT2D eigenvalue weighted by molar-refractivity contribution is -0.382. The first-order valence-corrected chi connectivity index (χ1v) is 29.0. The van der Waals surface area contributed by atoms with Crippen LogP contribution in [0.1, 0.15) is 121 Å². The van der Waals surface area contributed by atoms with E-state index in [0.717, 1.165) is 12.8 Å². The van der Waals surface area contributed by atoms with Crippen molar-refractivity contribution in [2.75, 3.05) is 26.9 Å². The van der Waals surface area contributed by atoms with Crippen molar-refractivity contribution in [2.24, 2.45) is 45.3 Å². The molecule has 0 amide bonds. The molecule has 5 aliphatic heterocycles. The Hall–Kier alpha value is -2.57. The van der Waals surface area contributed by atoms with Crippen LogP contribution < -0.4 is 0 Å². The fraction of sp³-hybridized carbons (Fsp3) is 0.912. The smallest absolute Gasteiger partial charge is 0.314 e. The highest BCUT2D eigenvalue weighted by Gasteiger charge is 2.81. The molecule has 28 atom stereocenters. The Kier molecular flexibility index (Phi) is 18.3. The summed E-state index contributed by atoms with van der Waals surface area (Å²) in [5.74, 6) is -1.66. The van der Waals surface area contributed by atoms with Gasteiger partial charge in [0.25, 0.3) is 0 Å². The van der Waals surface area contributed by atoms with Crippen LogP contribution in [0, 0.1) is 45.3 Å². The zero-order valence-electron chi connectivity index (χ0n) is 48.4. The van der Waals surface area contributed by atoms with E-state index in [9.17, 15) is 60.3 Å². The number of aliphatic hydroxyl groups excluding tert-OH is 9. The topological polar surface area (TPSA) is 344 Å². The normalized spacial score (nSPS) is 49.8. The number of aliphatic hydroxyl groups is 9. The summed E-state index contributed by atoms with van der Waals surface area (Å²) in [6, 6.07) is 0. The predicted molar refractivity (Wildman–Crippen MR) is 276 cm³/mol. The van der Waals surface area contributed by atoms with Crippen LogP contribution in [0.4, 0.5) is 0 Å². The van der Waals surface area contributed by atoms with Crippen LogP contribution in [0.2, 0.25) is 0 Å². The molecule has 0 aromatic rings. The fourth-order valence-electron chi connectivity index (χ4n) is 16.6. The Balaban J connectivity index is 0.886. The van der Waals surface area contributed by atoms with E-state index in [-0.39, 0.29) is 35.7 Å². The van der Waals surface area contributed by atoms with E-state index in [1.54, 1.807) is 0 Å². The van der Waals surface area contributed by atoms with Crippen molar-refractivity contribution in [3.63, 3.8) is 0 Å². The van der Waals surface area contributed by atoms with Gasteiger partial charge in [-0.15, -0.1) is 0 Å². The number of allylic oxidation sites excluding steroid dienone is 2. The Morgan fingerprint density at radius 1 is 0.716 bits per heavy atom. The van der Waals surface area contributed by atoms with E-state index in [1.165, 1.54) is 33.5 Å². The monoisotopic (exact) mass is 1160 g/mol. The minimum Gasteiger partial charge on any atom is -0.462 e. The van der Waals surface area contributed by atoms with E-state index in [2.05, 4.69) is 47.6 Å². The average Bonchev–Trinajstić information content (AvgIpc) is 2.94. The molecule has 81 heavy (non-hydrogen) atoms. The lowest BCUT2D eigenvalue weighted by Crippen LogP contribution is -2.65. The number of cyclic esters (lactones) is 1. The molecule has 5 heterocycles. The summed E-state index contributed by atoms with van der Waals surface area (Å²) >= 11 is 0. The largest absolute Gasteiger partial charge is 0.462 e. The third-order valence-corrected chi connectivity index (χ3v) is 20.6. The lowest BCUT2D eigenvalue weighted by atomic mass is 9.41. The average molecular weight is 1160 g/mol. The first kappa shape index (κ1) is 62.9. The van der Waals surface area contributed by atoms with Crippen molar-refractivity contribution in [3.05, 3.63) is 11.6 Å². The van der Waals surface area contributed by atoms with Crippen LogP contribution in [0.25, 0.3) is 0 Å². The molecule has 9 N–H and O–H groups in total. The zero-order chi connectivity index (χ0) is 59.2. The number of fused-ring (bicyclic) bond motifs is 4. The molecule has 24 heteroatoms. The van der Waals surface area contributed by atoms with Crippen LogP contribution in [0.3, 0.4) is 0 Å². The summed E-state index contributed by atoms with van der Waals surface area (Å²) in [6.07, 6.45) is -22.2. The third kappa shape index (κ3) is 10.8. The molecule has 3 saturated carbocycles. The van der Waals surface area contributed by atoms with E-state index in [4.69, 9.17) is 56.8 Å². The molecule has 24 nitrogen and oxygen atoms in total. The van der Waals surface area contributed by atoms with Crippen molar-refractivity contribution in [2.45, 2.75) is 255 Å². The molecule has 0 bridgehead atoms. The summed E-state index contributed by atoms with van der Waals surface area (Å²) in [7, 11) is 1.23. The van der Waals surface area contributed by atoms with Gasteiger partial charge < -0.3 is 103 Å². The second kappa shape index (κ2) is 23.6. The van der Waals surface area contributed by atoms with Crippen LogP contribution in [-0.4, -0.2) is 225 Å². The maximum absolute atomic E-state index is 14.9. The van der Waals surface area contributed by atoms with E-state index >= 15 is 0 Å². The highest BCUT2D eigenvalue weighted by atomic mass is 16.8. The van der Waals surface area contributed by atoms with E-state index in [0.29, 0.717) is 38.5 Å². The molecule has 0 aromatic carbocycles. The minimum absolute atomic E-state index is 0.0325. The first-order chi connectivity index (χ1) is 38.0. The van der Waals surface area contributed by atoms with Gasteiger partial charge in [-0.05, 0) is 99.2 Å². The van der Waals surface area contributed by atoms with Gasteiger partial charge in [0.2, 0.25) is 0 Å². The van der Waals surface area contributed by atoms with Gasteiger partial charge in [0, 0.05) is 21.0 Å². The summed E-state index contributed by atoms with van der Waals surface area (Å²) in [5, 5.41) is 98.9. The number of hydrogen-bond acceptors (Lipinski definition) is 24. The summed E-state index contributed by atoms with van der Waals surface area (Å²) in [4.78, 5) is 40.5. The first-order valence-electron chi connectivity index (χ1n) is 29.0. The SMILES string of the molecule is COC1C(O)C(CO)OC(OC2C(O)COC(OC3C(C)OC(OC4C(OC5CCC6(C)C7=CCC89C(=O)OC(C)(C(CCC(C)C)OC(C)=O)C8C(OC(C)=O)CC9(C)C7CCC6C5(C)C)OCC(O)C4O)C(O)C3O)C2O)C1O. The van der Waals surface area contributed by atoms with Gasteiger partial charge in [0.1, 0.15) is 91.6 Å². The van der Waals surface area contributed by atoms with Crippen molar-refractivity contribution < 1.29 is 117 Å².